The second kappa shape index (κ2) is 10.1. The molecule has 0 saturated carbocycles. The van der Waals surface area contributed by atoms with Gasteiger partial charge in [0.1, 0.15) is 11.5 Å². The van der Waals surface area contributed by atoms with Crippen molar-refractivity contribution in [2.75, 3.05) is 14.2 Å². The molecule has 0 atom stereocenters. The number of nitro benzene ring substituents is 1. The van der Waals surface area contributed by atoms with Crippen LogP contribution in [0.4, 0.5) is 5.69 Å². The summed E-state index contributed by atoms with van der Waals surface area (Å²) in [7, 11) is 3.04. The summed E-state index contributed by atoms with van der Waals surface area (Å²) in [5, 5.41) is 16.1. The molecule has 178 valence electrons. The van der Waals surface area contributed by atoms with E-state index in [0.29, 0.717) is 23.6 Å². The molecule has 4 rings (SSSR count). The van der Waals surface area contributed by atoms with Gasteiger partial charge in [0, 0.05) is 52.5 Å². The zero-order valence-corrected chi connectivity index (χ0v) is 19.5. The molecule has 0 aliphatic rings. The Hall–Kier alpha value is -4.66. The normalized spacial score (nSPS) is 11.1. The molecule has 4 aromatic rings. The van der Waals surface area contributed by atoms with Crippen LogP contribution in [0.15, 0.2) is 71.8 Å². The number of non-ortho nitro benzene ring substituents is 1. The number of nitrogens with zero attached hydrogens (tertiary/aromatic N) is 3. The SMILES string of the molecule is COc1cc(OC)cc(C(=O)NN=Cc2c(C)n(Cc3ccc([N+](=O)[O-])cc3)c3ccccc23)c1. The van der Waals surface area contributed by atoms with E-state index >= 15 is 0 Å². The van der Waals surface area contributed by atoms with Crippen molar-refractivity contribution >= 4 is 28.7 Å². The molecule has 0 aliphatic heterocycles. The van der Waals surface area contributed by atoms with Gasteiger partial charge in [-0.1, -0.05) is 30.3 Å². The summed E-state index contributed by atoms with van der Waals surface area (Å²) in [6.07, 6.45) is 1.62. The number of hydrogen-bond acceptors (Lipinski definition) is 6. The maximum Gasteiger partial charge on any atom is 0.271 e. The van der Waals surface area contributed by atoms with E-state index in [-0.39, 0.29) is 5.69 Å². The first kappa shape index (κ1) is 23.5. The van der Waals surface area contributed by atoms with Crippen LogP contribution in [0.5, 0.6) is 11.5 Å². The lowest BCUT2D eigenvalue weighted by Crippen LogP contribution is -2.17. The smallest absolute Gasteiger partial charge is 0.271 e. The number of methoxy groups -OCH3 is 2. The number of nitrogens with one attached hydrogen (secondary N) is 1. The minimum Gasteiger partial charge on any atom is -0.497 e. The van der Waals surface area contributed by atoms with Crippen LogP contribution >= 0.6 is 0 Å². The number of carbonyl (C=O) groups is 1. The van der Waals surface area contributed by atoms with Crippen molar-refractivity contribution in [2.24, 2.45) is 5.10 Å². The third-order valence-electron chi connectivity index (χ3n) is 5.74. The second-order valence-corrected chi connectivity index (χ2v) is 7.83. The topological polar surface area (TPSA) is 108 Å². The maximum absolute atomic E-state index is 12.7. The Labute approximate surface area is 201 Å². The fourth-order valence-corrected chi connectivity index (χ4v) is 3.89. The first-order valence-corrected chi connectivity index (χ1v) is 10.8. The average molecular weight is 473 g/mol. The first-order valence-electron chi connectivity index (χ1n) is 10.8. The van der Waals surface area contributed by atoms with Crippen LogP contribution in [0.3, 0.4) is 0 Å². The van der Waals surface area contributed by atoms with Crippen LogP contribution in [0.1, 0.15) is 27.2 Å². The van der Waals surface area contributed by atoms with Crippen molar-refractivity contribution in [2.45, 2.75) is 13.5 Å². The zero-order chi connectivity index (χ0) is 24.9. The number of hydrazone groups is 1. The fraction of sp³-hybridized carbons (Fsp3) is 0.154. The van der Waals surface area contributed by atoms with Gasteiger partial charge >= 0.3 is 0 Å². The van der Waals surface area contributed by atoms with Gasteiger partial charge in [-0.25, -0.2) is 5.43 Å². The van der Waals surface area contributed by atoms with Gasteiger partial charge < -0.3 is 14.0 Å². The first-order chi connectivity index (χ1) is 16.9. The van der Waals surface area contributed by atoms with Crippen LogP contribution in [0, 0.1) is 17.0 Å². The largest absolute Gasteiger partial charge is 0.497 e. The molecule has 1 heterocycles. The summed E-state index contributed by atoms with van der Waals surface area (Å²) in [6, 6.07) is 19.3. The van der Waals surface area contributed by atoms with Gasteiger partial charge in [-0.05, 0) is 30.7 Å². The molecule has 9 heteroatoms. The van der Waals surface area contributed by atoms with Crippen molar-refractivity contribution < 1.29 is 19.2 Å². The molecular weight excluding hydrogens is 448 g/mol. The van der Waals surface area contributed by atoms with Crippen molar-refractivity contribution in [3.05, 3.63) is 99.2 Å². The number of hydrogen-bond donors (Lipinski definition) is 1. The Balaban J connectivity index is 1.60. The molecule has 1 aromatic heterocycles. The number of para-hydroxylation sites is 1. The maximum atomic E-state index is 12.7. The highest BCUT2D eigenvalue weighted by atomic mass is 16.6. The molecule has 1 N–H and O–H groups in total. The molecule has 35 heavy (non-hydrogen) atoms. The number of ether oxygens (including phenoxy) is 2. The van der Waals surface area contributed by atoms with E-state index in [2.05, 4.69) is 15.1 Å². The third kappa shape index (κ3) is 4.98. The summed E-state index contributed by atoms with van der Waals surface area (Å²) >= 11 is 0. The molecule has 0 radical (unpaired) electrons. The van der Waals surface area contributed by atoms with Crippen LogP contribution < -0.4 is 14.9 Å². The molecule has 3 aromatic carbocycles. The summed E-state index contributed by atoms with van der Waals surface area (Å²) in [4.78, 5) is 23.2. The summed E-state index contributed by atoms with van der Waals surface area (Å²) < 4.78 is 12.6. The third-order valence-corrected chi connectivity index (χ3v) is 5.74. The molecule has 0 aliphatic carbocycles. The van der Waals surface area contributed by atoms with Crippen LogP contribution in [0.2, 0.25) is 0 Å². The number of benzene rings is 3. The number of amides is 1. The van der Waals surface area contributed by atoms with Gasteiger partial charge in [-0.3, -0.25) is 14.9 Å². The minimum absolute atomic E-state index is 0.0556. The van der Waals surface area contributed by atoms with E-state index in [0.717, 1.165) is 27.7 Å². The van der Waals surface area contributed by atoms with Crippen molar-refractivity contribution in [1.82, 2.24) is 9.99 Å². The molecule has 0 bridgehead atoms. The average Bonchev–Trinajstić information content (AvgIpc) is 3.14. The van der Waals surface area contributed by atoms with Crippen LogP contribution in [-0.4, -0.2) is 35.8 Å². The Kier molecular flexibility index (Phi) is 6.77. The molecule has 0 spiro atoms. The Bertz CT molecular complexity index is 1400. The predicted octanol–water partition coefficient (Wildman–Crippen LogP) is 4.69. The van der Waals surface area contributed by atoms with Crippen LogP contribution in [-0.2, 0) is 6.54 Å². The van der Waals surface area contributed by atoms with E-state index in [1.165, 1.54) is 26.4 Å². The number of fused-ring (bicyclic) bond motifs is 1. The molecular formula is C26H24N4O5. The quantitative estimate of drug-likeness (QED) is 0.227. The summed E-state index contributed by atoms with van der Waals surface area (Å²) in [6.45, 7) is 2.51. The van der Waals surface area contributed by atoms with Crippen LogP contribution in [0.25, 0.3) is 10.9 Å². The van der Waals surface area contributed by atoms with Crippen molar-refractivity contribution in [1.29, 1.82) is 0 Å². The Morgan fingerprint density at radius 3 is 2.34 bits per heavy atom. The molecule has 0 fully saturated rings. The van der Waals surface area contributed by atoms with E-state index in [4.69, 9.17) is 9.47 Å². The lowest BCUT2D eigenvalue weighted by Gasteiger charge is -2.09. The highest BCUT2D eigenvalue weighted by Gasteiger charge is 2.14. The van der Waals surface area contributed by atoms with Gasteiger partial charge in [0.2, 0.25) is 0 Å². The Morgan fingerprint density at radius 2 is 1.71 bits per heavy atom. The van der Waals surface area contributed by atoms with Gasteiger partial charge in [0.25, 0.3) is 11.6 Å². The standard InChI is InChI=1S/C26H24N4O5/c1-17-24(15-27-28-26(31)19-12-21(34-2)14-22(13-19)35-3)23-6-4-5-7-25(23)29(17)16-18-8-10-20(11-9-18)30(32)33/h4-15H,16H2,1-3H3,(H,28,31). The number of nitro groups is 1. The number of aromatic nitrogens is 1. The van der Waals surface area contributed by atoms with E-state index < -0.39 is 10.8 Å². The lowest BCUT2D eigenvalue weighted by atomic mass is 10.1. The lowest BCUT2D eigenvalue weighted by molar-refractivity contribution is -0.384. The highest BCUT2D eigenvalue weighted by molar-refractivity contribution is 6.02. The highest BCUT2D eigenvalue weighted by Crippen LogP contribution is 2.26. The predicted molar refractivity (Wildman–Crippen MR) is 133 cm³/mol. The zero-order valence-electron chi connectivity index (χ0n) is 19.5. The monoisotopic (exact) mass is 472 g/mol. The number of rotatable bonds is 8. The molecule has 0 unspecified atom stereocenters. The number of carbonyl (C=O) groups excluding carboxylic acids is 1. The fourth-order valence-electron chi connectivity index (χ4n) is 3.89. The minimum atomic E-state index is -0.412. The van der Waals surface area contributed by atoms with Crippen molar-refractivity contribution in [3.63, 3.8) is 0 Å². The summed E-state index contributed by atoms with van der Waals surface area (Å²) in [5.41, 5.74) is 6.72. The van der Waals surface area contributed by atoms with E-state index in [9.17, 15) is 14.9 Å². The molecule has 1 amide bonds. The van der Waals surface area contributed by atoms with Gasteiger partial charge in [-0.2, -0.15) is 5.10 Å². The van der Waals surface area contributed by atoms with Gasteiger partial charge in [-0.15, -0.1) is 0 Å². The second-order valence-electron chi connectivity index (χ2n) is 7.83. The Morgan fingerprint density at radius 1 is 1.06 bits per heavy atom. The van der Waals surface area contributed by atoms with Crippen molar-refractivity contribution in [3.8, 4) is 11.5 Å². The molecule has 0 saturated heterocycles. The van der Waals surface area contributed by atoms with Gasteiger partial charge in [0.05, 0.1) is 25.4 Å². The van der Waals surface area contributed by atoms with Gasteiger partial charge in [0.15, 0.2) is 0 Å². The summed E-state index contributed by atoms with van der Waals surface area (Å²) in [5.74, 6) is 0.609. The molecule has 9 nitrogen and oxygen atoms in total. The van der Waals surface area contributed by atoms with E-state index in [1.54, 1.807) is 36.5 Å². The van der Waals surface area contributed by atoms with E-state index in [1.807, 2.05) is 31.2 Å².